The number of carbonyl (C=O) groups is 1. The maximum atomic E-state index is 11.3. The van der Waals surface area contributed by atoms with Gasteiger partial charge in [0, 0.05) is 6.42 Å². The van der Waals surface area contributed by atoms with E-state index in [0.29, 0.717) is 12.2 Å². The number of esters is 1. The average molecular weight is 300 g/mol. The summed E-state index contributed by atoms with van der Waals surface area (Å²) in [5.74, 6) is 1.77. The molecule has 0 amide bonds. The van der Waals surface area contributed by atoms with Crippen LogP contribution in [0.2, 0.25) is 0 Å². The van der Waals surface area contributed by atoms with Crippen molar-refractivity contribution in [1.29, 1.82) is 0 Å². The minimum atomic E-state index is -0.377. The average Bonchev–Trinajstić information content (AvgIpc) is 2.98. The molecule has 114 valence electrons. The van der Waals surface area contributed by atoms with Crippen LogP contribution in [-0.4, -0.2) is 26.0 Å². The van der Waals surface area contributed by atoms with Crippen LogP contribution >= 0.6 is 0 Å². The zero-order valence-electron chi connectivity index (χ0n) is 12.2. The number of ether oxygens (including phenoxy) is 4. The van der Waals surface area contributed by atoms with Crippen LogP contribution in [0.1, 0.15) is 12.0 Å². The lowest BCUT2D eigenvalue weighted by atomic mass is 10.1. The zero-order chi connectivity index (χ0) is 15.4. The second kappa shape index (κ2) is 6.39. The number of allylic oxidation sites excluding steroid dienone is 2. The van der Waals surface area contributed by atoms with Crippen molar-refractivity contribution in [2.24, 2.45) is 0 Å². The van der Waals surface area contributed by atoms with Crippen LogP contribution in [0.3, 0.4) is 0 Å². The number of methoxy groups -OCH3 is 1. The molecule has 5 nitrogen and oxygen atoms in total. The van der Waals surface area contributed by atoms with Gasteiger partial charge in [-0.25, -0.2) is 4.79 Å². The molecule has 0 bridgehead atoms. The SMILES string of the molecule is COC1=CC(=O)OC(/C=C/C=C/c2ccc3c(c2)OCO3)C1. The van der Waals surface area contributed by atoms with Crippen LogP contribution < -0.4 is 9.47 Å². The van der Waals surface area contributed by atoms with E-state index in [9.17, 15) is 4.79 Å². The number of hydrogen-bond donors (Lipinski definition) is 0. The number of fused-ring (bicyclic) bond motifs is 1. The molecule has 0 saturated carbocycles. The Labute approximate surface area is 128 Å². The molecule has 22 heavy (non-hydrogen) atoms. The van der Waals surface area contributed by atoms with Gasteiger partial charge in [-0.15, -0.1) is 0 Å². The van der Waals surface area contributed by atoms with Gasteiger partial charge in [0.1, 0.15) is 11.9 Å². The van der Waals surface area contributed by atoms with Crippen molar-refractivity contribution in [3.05, 3.63) is 53.8 Å². The monoisotopic (exact) mass is 300 g/mol. The Bertz CT molecular complexity index is 657. The Morgan fingerprint density at radius 1 is 1.23 bits per heavy atom. The lowest BCUT2D eigenvalue weighted by Crippen LogP contribution is -2.21. The largest absolute Gasteiger partial charge is 0.501 e. The Hall–Kier alpha value is -2.69. The quantitative estimate of drug-likeness (QED) is 0.632. The van der Waals surface area contributed by atoms with Crippen LogP contribution in [0.15, 0.2) is 48.3 Å². The highest BCUT2D eigenvalue weighted by Crippen LogP contribution is 2.32. The third kappa shape index (κ3) is 3.31. The van der Waals surface area contributed by atoms with Crippen molar-refractivity contribution in [3.8, 4) is 11.5 Å². The third-order valence-corrected chi connectivity index (χ3v) is 3.33. The first kappa shape index (κ1) is 14.3. The minimum Gasteiger partial charge on any atom is -0.501 e. The highest BCUT2D eigenvalue weighted by Gasteiger charge is 2.19. The molecular weight excluding hydrogens is 284 g/mol. The van der Waals surface area contributed by atoms with Gasteiger partial charge in [-0.2, -0.15) is 0 Å². The molecule has 5 heteroatoms. The normalized spacial score (nSPS) is 20.3. The number of hydrogen-bond acceptors (Lipinski definition) is 5. The van der Waals surface area contributed by atoms with E-state index in [0.717, 1.165) is 17.1 Å². The predicted molar refractivity (Wildman–Crippen MR) is 80.3 cm³/mol. The fraction of sp³-hybridized carbons (Fsp3) is 0.235. The highest BCUT2D eigenvalue weighted by molar-refractivity contribution is 5.83. The van der Waals surface area contributed by atoms with Gasteiger partial charge < -0.3 is 18.9 Å². The smallest absolute Gasteiger partial charge is 0.334 e. The molecule has 0 fully saturated rings. The molecule has 0 spiro atoms. The molecule has 0 aliphatic carbocycles. The van der Waals surface area contributed by atoms with E-state index in [1.165, 1.54) is 6.08 Å². The van der Waals surface area contributed by atoms with Crippen molar-refractivity contribution in [1.82, 2.24) is 0 Å². The lowest BCUT2D eigenvalue weighted by Gasteiger charge is -2.19. The molecule has 0 radical (unpaired) electrons. The van der Waals surface area contributed by atoms with Crippen molar-refractivity contribution >= 4 is 12.0 Å². The predicted octanol–water partition coefficient (Wildman–Crippen LogP) is 2.83. The second-order valence-electron chi connectivity index (χ2n) is 4.85. The van der Waals surface area contributed by atoms with Gasteiger partial charge in [0.2, 0.25) is 6.79 Å². The van der Waals surface area contributed by atoms with Crippen LogP contribution in [-0.2, 0) is 14.3 Å². The summed E-state index contributed by atoms with van der Waals surface area (Å²) in [4.78, 5) is 11.3. The maximum absolute atomic E-state index is 11.3. The topological polar surface area (TPSA) is 54.0 Å². The molecule has 2 heterocycles. The van der Waals surface area contributed by atoms with Gasteiger partial charge in [-0.1, -0.05) is 24.3 Å². The Balaban J connectivity index is 1.60. The summed E-state index contributed by atoms with van der Waals surface area (Å²) in [5, 5.41) is 0. The summed E-state index contributed by atoms with van der Waals surface area (Å²) < 4.78 is 20.9. The molecule has 2 aliphatic rings. The number of cyclic esters (lactones) is 1. The van der Waals surface area contributed by atoms with Crippen molar-refractivity contribution in [3.63, 3.8) is 0 Å². The standard InChI is InChI=1S/C17H16O5/c1-19-14-9-13(22-17(18)10-14)5-3-2-4-12-6-7-15-16(8-12)21-11-20-15/h2-8,10,13H,9,11H2,1H3/b4-2+,5-3+. The van der Waals surface area contributed by atoms with E-state index in [1.807, 2.05) is 42.5 Å². The van der Waals surface area contributed by atoms with Crippen molar-refractivity contribution < 1.29 is 23.7 Å². The lowest BCUT2D eigenvalue weighted by molar-refractivity contribution is -0.142. The molecule has 0 aromatic heterocycles. The van der Waals surface area contributed by atoms with Crippen LogP contribution in [0.25, 0.3) is 6.08 Å². The summed E-state index contributed by atoms with van der Waals surface area (Å²) in [7, 11) is 1.55. The van der Waals surface area contributed by atoms with E-state index in [2.05, 4.69) is 0 Å². The Morgan fingerprint density at radius 2 is 2.09 bits per heavy atom. The fourth-order valence-corrected chi connectivity index (χ4v) is 2.23. The third-order valence-electron chi connectivity index (χ3n) is 3.33. The fourth-order valence-electron chi connectivity index (χ4n) is 2.23. The molecule has 3 rings (SSSR count). The summed E-state index contributed by atoms with van der Waals surface area (Å²) in [6.07, 6.45) is 9.12. The summed E-state index contributed by atoms with van der Waals surface area (Å²) in [6, 6.07) is 5.74. The van der Waals surface area contributed by atoms with E-state index >= 15 is 0 Å². The Morgan fingerprint density at radius 3 is 2.95 bits per heavy atom. The molecule has 2 aliphatic heterocycles. The summed E-state index contributed by atoms with van der Waals surface area (Å²) in [6.45, 7) is 0.269. The molecule has 0 saturated heterocycles. The first-order chi connectivity index (χ1) is 10.7. The van der Waals surface area contributed by atoms with Crippen molar-refractivity contribution in [2.75, 3.05) is 13.9 Å². The molecule has 1 atom stereocenters. The number of carbonyl (C=O) groups excluding carboxylic acids is 1. The van der Waals surface area contributed by atoms with Gasteiger partial charge in [0.15, 0.2) is 11.5 Å². The minimum absolute atomic E-state index is 0.269. The first-order valence-corrected chi connectivity index (χ1v) is 6.94. The maximum Gasteiger partial charge on any atom is 0.334 e. The van der Waals surface area contributed by atoms with E-state index in [4.69, 9.17) is 18.9 Å². The molecule has 1 aromatic rings. The van der Waals surface area contributed by atoms with Gasteiger partial charge in [-0.3, -0.25) is 0 Å². The molecule has 1 aromatic carbocycles. The second-order valence-corrected chi connectivity index (χ2v) is 4.85. The van der Waals surface area contributed by atoms with E-state index in [-0.39, 0.29) is 18.9 Å². The van der Waals surface area contributed by atoms with Crippen LogP contribution in [0.5, 0.6) is 11.5 Å². The van der Waals surface area contributed by atoms with Gasteiger partial charge in [0.05, 0.1) is 13.2 Å². The summed E-state index contributed by atoms with van der Waals surface area (Å²) in [5.41, 5.74) is 1.01. The van der Waals surface area contributed by atoms with Gasteiger partial charge in [-0.05, 0) is 23.8 Å². The molecule has 0 N–H and O–H groups in total. The van der Waals surface area contributed by atoms with E-state index in [1.54, 1.807) is 7.11 Å². The van der Waals surface area contributed by atoms with Crippen LogP contribution in [0, 0.1) is 0 Å². The van der Waals surface area contributed by atoms with Crippen LogP contribution in [0.4, 0.5) is 0 Å². The van der Waals surface area contributed by atoms with E-state index < -0.39 is 0 Å². The number of benzene rings is 1. The Kier molecular flexibility index (Phi) is 4.14. The van der Waals surface area contributed by atoms with Gasteiger partial charge >= 0.3 is 5.97 Å². The zero-order valence-corrected chi connectivity index (χ0v) is 12.2. The van der Waals surface area contributed by atoms with Crippen molar-refractivity contribution in [2.45, 2.75) is 12.5 Å². The van der Waals surface area contributed by atoms with Gasteiger partial charge in [0.25, 0.3) is 0 Å². The molecular formula is C17H16O5. The number of rotatable bonds is 4. The summed E-state index contributed by atoms with van der Waals surface area (Å²) >= 11 is 0. The highest BCUT2D eigenvalue weighted by atomic mass is 16.7. The molecule has 1 unspecified atom stereocenters. The first-order valence-electron chi connectivity index (χ1n) is 6.94.